The quantitative estimate of drug-likeness (QED) is 0.682. The number of amides is 1. The standard InChI is InChI=1S/C17H25NO3S/c1-4-14(22-13-10-8-7-9-11-13)15(19)18-12-17(5-2,6-3)16(20)21/h7-11,14H,4-6,12H2,1-3H3,(H,18,19)(H,20,21). The van der Waals surface area contributed by atoms with E-state index in [0.29, 0.717) is 19.3 Å². The third kappa shape index (κ3) is 4.77. The first kappa shape index (κ1) is 18.6. The molecule has 1 unspecified atom stereocenters. The maximum Gasteiger partial charge on any atom is 0.311 e. The highest BCUT2D eigenvalue weighted by Crippen LogP contribution is 2.28. The minimum Gasteiger partial charge on any atom is -0.481 e. The molecule has 0 aliphatic carbocycles. The van der Waals surface area contributed by atoms with Gasteiger partial charge in [-0.05, 0) is 31.4 Å². The molecule has 0 spiro atoms. The van der Waals surface area contributed by atoms with Gasteiger partial charge in [-0.1, -0.05) is 39.0 Å². The van der Waals surface area contributed by atoms with Crippen molar-refractivity contribution in [1.29, 1.82) is 0 Å². The van der Waals surface area contributed by atoms with Crippen molar-refractivity contribution in [2.75, 3.05) is 6.54 Å². The lowest BCUT2D eigenvalue weighted by Gasteiger charge is -2.27. The molecule has 122 valence electrons. The molecule has 1 rings (SSSR count). The fourth-order valence-corrected chi connectivity index (χ4v) is 3.23. The van der Waals surface area contributed by atoms with Crippen LogP contribution < -0.4 is 5.32 Å². The number of rotatable bonds is 9. The van der Waals surface area contributed by atoms with Gasteiger partial charge >= 0.3 is 5.97 Å². The first-order valence-electron chi connectivity index (χ1n) is 7.71. The maximum atomic E-state index is 12.4. The number of hydrogen-bond acceptors (Lipinski definition) is 3. The Morgan fingerprint density at radius 2 is 1.77 bits per heavy atom. The van der Waals surface area contributed by atoms with Gasteiger partial charge in [-0.3, -0.25) is 9.59 Å². The normalized spacial score (nSPS) is 12.7. The second-order valence-corrected chi connectivity index (χ2v) is 6.61. The van der Waals surface area contributed by atoms with E-state index in [1.54, 1.807) is 0 Å². The summed E-state index contributed by atoms with van der Waals surface area (Å²) in [5, 5.41) is 12.0. The summed E-state index contributed by atoms with van der Waals surface area (Å²) in [6.07, 6.45) is 1.70. The first-order chi connectivity index (χ1) is 10.5. The van der Waals surface area contributed by atoms with Gasteiger partial charge in [0.2, 0.25) is 5.91 Å². The summed E-state index contributed by atoms with van der Waals surface area (Å²) >= 11 is 1.51. The Bertz CT molecular complexity index is 486. The largest absolute Gasteiger partial charge is 0.481 e. The van der Waals surface area contributed by atoms with Gasteiger partial charge in [0.15, 0.2) is 0 Å². The Labute approximate surface area is 136 Å². The van der Waals surface area contributed by atoms with E-state index in [0.717, 1.165) is 4.90 Å². The molecule has 1 aromatic rings. The van der Waals surface area contributed by atoms with Crippen LogP contribution in [0, 0.1) is 5.41 Å². The summed E-state index contributed by atoms with van der Waals surface area (Å²) in [6.45, 7) is 5.84. The van der Waals surface area contributed by atoms with Crippen molar-refractivity contribution in [2.24, 2.45) is 5.41 Å². The van der Waals surface area contributed by atoms with Gasteiger partial charge < -0.3 is 10.4 Å². The van der Waals surface area contributed by atoms with E-state index in [1.165, 1.54) is 11.8 Å². The molecule has 1 atom stereocenters. The second kappa shape index (κ2) is 8.83. The van der Waals surface area contributed by atoms with Crippen molar-refractivity contribution in [3.63, 3.8) is 0 Å². The Morgan fingerprint density at radius 1 is 1.18 bits per heavy atom. The van der Waals surface area contributed by atoms with Crippen LogP contribution in [0.25, 0.3) is 0 Å². The lowest BCUT2D eigenvalue weighted by molar-refractivity contribution is -0.149. The van der Waals surface area contributed by atoms with Gasteiger partial charge in [0.25, 0.3) is 0 Å². The lowest BCUT2D eigenvalue weighted by atomic mass is 9.82. The monoisotopic (exact) mass is 323 g/mol. The van der Waals surface area contributed by atoms with E-state index in [1.807, 2.05) is 51.1 Å². The first-order valence-corrected chi connectivity index (χ1v) is 8.59. The van der Waals surface area contributed by atoms with Crippen molar-refractivity contribution < 1.29 is 14.7 Å². The molecule has 5 heteroatoms. The van der Waals surface area contributed by atoms with E-state index in [-0.39, 0.29) is 17.7 Å². The Balaban J connectivity index is 2.67. The molecule has 1 amide bonds. The average Bonchev–Trinajstić information content (AvgIpc) is 2.54. The van der Waals surface area contributed by atoms with Crippen LogP contribution in [-0.2, 0) is 9.59 Å². The zero-order chi connectivity index (χ0) is 16.6. The molecule has 0 bridgehead atoms. The highest BCUT2D eigenvalue weighted by Gasteiger charge is 2.35. The molecule has 2 N–H and O–H groups in total. The zero-order valence-corrected chi connectivity index (χ0v) is 14.3. The smallest absolute Gasteiger partial charge is 0.311 e. The van der Waals surface area contributed by atoms with Crippen LogP contribution in [0.1, 0.15) is 40.0 Å². The van der Waals surface area contributed by atoms with Crippen LogP contribution >= 0.6 is 11.8 Å². The number of carbonyl (C=O) groups is 2. The summed E-state index contributed by atoms with van der Waals surface area (Å²) in [7, 11) is 0. The molecule has 0 fully saturated rings. The van der Waals surface area contributed by atoms with E-state index >= 15 is 0 Å². The molecule has 1 aromatic carbocycles. The molecule has 0 heterocycles. The third-order valence-corrected chi connectivity index (χ3v) is 5.47. The Kier molecular flexibility index (Phi) is 7.45. The topological polar surface area (TPSA) is 66.4 Å². The summed E-state index contributed by atoms with van der Waals surface area (Å²) in [5.41, 5.74) is -0.870. The van der Waals surface area contributed by atoms with Gasteiger partial charge in [0.05, 0.1) is 10.7 Å². The molecular formula is C17H25NO3S. The number of carbonyl (C=O) groups excluding carboxylic acids is 1. The number of thioether (sulfide) groups is 1. The minimum absolute atomic E-state index is 0.0936. The Morgan fingerprint density at radius 3 is 2.23 bits per heavy atom. The molecule has 0 aromatic heterocycles. The predicted octanol–water partition coefficient (Wildman–Crippen LogP) is 3.56. The number of carboxylic acid groups (broad SMARTS) is 1. The molecule has 0 radical (unpaired) electrons. The van der Waals surface area contributed by atoms with Gasteiger partial charge in [-0.15, -0.1) is 11.8 Å². The number of carboxylic acids is 1. The fraction of sp³-hybridized carbons (Fsp3) is 0.529. The molecular weight excluding hydrogens is 298 g/mol. The van der Waals surface area contributed by atoms with Gasteiger partial charge in [-0.2, -0.15) is 0 Å². The van der Waals surface area contributed by atoms with Crippen molar-refractivity contribution in [3.05, 3.63) is 30.3 Å². The molecule has 0 aliphatic rings. The summed E-state index contributed by atoms with van der Waals surface area (Å²) in [5.74, 6) is -0.939. The highest BCUT2D eigenvalue weighted by molar-refractivity contribution is 8.00. The second-order valence-electron chi connectivity index (χ2n) is 5.34. The van der Waals surface area contributed by atoms with Crippen molar-refractivity contribution in [3.8, 4) is 0 Å². The molecule has 0 aliphatic heterocycles. The highest BCUT2D eigenvalue weighted by atomic mass is 32.2. The minimum atomic E-state index is -0.870. The molecule has 4 nitrogen and oxygen atoms in total. The van der Waals surface area contributed by atoms with Crippen LogP contribution in [0.3, 0.4) is 0 Å². The molecule has 0 saturated heterocycles. The number of benzene rings is 1. The average molecular weight is 323 g/mol. The number of nitrogens with one attached hydrogen (secondary N) is 1. The SMILES string of the molecule is CCC(Sc1ccccc1)C(=O)NCC(CC)(CC)C(=O)O. The van der Waals surface area contributed by atoms with Crippen LogP contribution in [0.4, 0.5) is 0 Å². The third-order valence-electron chi connectivity index (χ3n) is 4.09. The maximum absolute atomic E-state index is 12.4. The molecule has 22 heavy (non-hydrogen) atoms. The van der Waals surface area contributed by atoms with Crippen LogP contribution in [0.2, 0.25) is 0 Å². The van der Waals surface area contributed by atoms with Gasteiger partial charge in [0.1, 0.15) is 0 Å². The van der Waals surface area contributed by atoms with E-state index < -0.39 is 11.4 Å². The summed E-state index contributed by atoms with van der Waals surface area (Å²) < 4.78 is 0. The summed E-state index contributed by atoms with van der Waals surface area (Å²) in [4.78, 5) is 24.9. The van der Waals surface area contributed by atoms with Crippen LogP contribution in [0.5, 0.6) is 0 Å². The van der Waals surface area contributed by atoms with Gasteiger partial charge in [0, 0.05) is 11.4 Å². The van der Waals surface area contributed by atoms with Crippen molar-refractivity contribution in [1.82, 2.24) is 5.32 Å². The van der Waals surface area contributed by atoms with Crippen LogP contribution in [-0.4, -0.2) is 28.8 Å². The lowest BCUT2D eigenvalue weighted by Crippen LogP contribution is -2.44. The van der Waals surface area contributed by atoms with E-state index in [9.17, 15) is 14.7 Å². The number of hydrogen-bond donors (Lipinski definition) is 2. The fourth-order valence-electron chi connectivity index (χ4n) is 2.23. The molecule has 0 saturated carbocycles. The van der Waals surface area contributed by atoms with Gasteiger partial charge in [-0.25, -0.2) is 0 Å². The van der Waals surface area contributed by atoms with Crippen molar-refractivity contribution >= 4 is 23.6 Å². The summed E-state index contributed by atoms with van der Waals surface area (Å²) in [6, 6.07) is 9.77. The Hall–Kier alpha value is -1.49. The van der Waals surface area contributed by atoms with Crippen molar-refractivity contribution in [2.45, 2.75) is 50.2 Å². The van der Waals surface area contributed by atoms with E-state index in [4.69, 9.17) is 0 Å². The zero-order valence-electron chi connectivity index (χ0n) is 13.5. The number of aliphatic carboxylic acids is 1. The van der Waals surface area contributed by atoms with Crippen LogP contribution in [0.15, 0.2) is 35.2 Å². The van der Waals surface area contributed by atoms with E-state index in [2.05, 4.69) is 5.32 Å². The predicted molar refractivity (Wildman–Crippen MR) is 90.0 cm³/mol.